The highest BCUT2D eigenvalue weighted by molar-refractivity contribution is 5.96. The Hall–Kier alpha value is -3.29. The standard InChI is InChI=1S/C25H32N4O4/c1-18-13-19(2)17-28(16-18)23-8-7-20(14-24(23)29(31)32)25(30)27-11-9-26(10-12-27)21-5-4-6-22(15-21)33-3/h4-8,14-15,18-19H,9-13,16-17H2,1-3H3. The number of benzene rings is 2. The second-order valence-corrected chi connectivity index (χ2v) is 9.29. The minimum absolute atomic E-state index is 0.0113. The largest absolute Gasteiger partial charge is 0.497 e. The molecule has 4 rings (SSSR count). The number of nitrogens with zero attached hydrogens (tertiary/aromatic N) is 4. The molecule has 1 amide bonds. The van der Waals surface area contributed by atoms with E-state index in [4.69, 9.17) is 4.74 Å². The molecular formula is C25H32N4O4. The van der Waals surface area contributed by atoms with Gasteiger partial charge in [-0.25, -0.2) is 0 Å². The number of nitro benzene ring substituents is 1. The molecule has 2 heterocycles. The number of carbonyl (C=O) groups excluding carboxylic acids is 1. The Balaban J connectivity index is 1.47. The molecule has 2 saturated heterocycles. The molecule has 0 aliphatic carbocycles. The Labute approximate surface area is 194 Å². The van der Waals surface area contributed by atoms with E-state index in [1.165, 1.54) is 6.07 Å². The number of hydrogen-bond donors (Lipinski definition) is 0. The highest BCUT2D eigenvalue weighted by atomic mass is 16.6. The highest BCUT2D eigenvalue weighted by Crippen LogP contribution is 2.34. The van der Waals surface area contributed by atoms with Crippen LogP contribution in [0, 0.1) is 22.0 Å². The van der Waals surface area contributed by atoms with Crippen molar-refractivity contribution >= 4 is 23.0 Å². The second kappa shape index (κ2) is 9.68. The van der Waals surface area contributed by atoms with Crippen molar-refractivity contribution in [2.75, 3.05) is 56.2 Å². The van der Waals surface area contributed by atoms with Crippen molar-refractivity contribution in [3.63, 3.8) is 0 Å². The number of methoxy groups -OCH3 is 1. The molecule has 0 radical (unpaired) electrons. The van der Waals surface area contributed by atoms with E-state index in [0.717, 1.165) is 30.9 Å². The maximum atomic E-state index is 13.2. The summed E-state index contributed by atoms with van der Waals surface area (Å²) in [7, 11) is 1.65. The average Bonchev–Trinajstić information content (AvgIpc) is 2.82. The lowest BCUT2D eigenvalue weighted by Crippen LogP contribution is -2.48. The smallest absolute Gasteiger partial charge is 0.293 e. The molecule has 2 aliphatic heterocycles. The van der Waals surface area contributed by atoms with Gasteiger partial charge in [0.2, 0.25) is 0 Å². The average molecular weight is 453 g/mol. The maximum absolute atomic E-state index is 13.2. The van der Waals surface area contributed by atoms with Crippen molar-refractivity contribution in [2.45, 2.75) is 20.3 Å². The van der Waals surface area contributed by atoms with Crippen molar-refractivity contribution in [2.24, 2.45) is 11.8 Å². The van der Waals surface area contributed by atoms with E-state index in [9.17, 15) is 14.9 Å². The number of amides is 1. The zero-order valence-corrected chi connectivity index (χ0v) is 19.6. The molecule has 0 saturated carbocycles. The van der Waals surface area contributed by atoms with E-state index in [-0.39, 0.29) is 16.5 Å². The Morgan fingerprint density at radius 3 is 2.33 bits per heavy atom. The Morgan fingerprint density at radius 2 is 1.70 bits per heavy atom. The number of nitro groups is 1. The second-order valence-electron chi connectivity index (χ2n) is 9.29. The summed E-state index contributed by atoms with van der Waals surface area (Å²) >= 11 is 0. The first-order valence-electron chi connectivity index (χ1n) is 11.6. The molecule has 0 aromatic heterocycles. The summed E-state index contributed by atoms with van der Waals surface area (Å²) < 4.78 is 5.31. The van der Waals surface area contributed by atoms with Gasteiger partial charge in [-0.15, -0.1) is 0 Å². The Bertz CT molecular complexity index is 1010. The fourth-order valence-electron chi connectivity index (χ4n) is 5.09. The first kappa shape index (κ1) is 22.9. The molecule has 8 nitrogen and oxygen atoms in total. The van der Waals surface area contributed by atoms with Gasteiger partial charge in [0.05, 0.1) is 12.0 Å². The van der Waals surface area contributed by atoms with Gasteiger partial charge in [0.15, 0.2) is 0 Å². The van der Waals surface area contributed by atoms with Gasteiger partial charge < -0.3 is 19.4 Å². The van der Waals surface area contributed by atoms with Gasteiger partial charge in [0, 0.05) is 62.7 Å². The van der Waals surface area contributed by atoms with Gasteiger partial charge in [-0.05, 0) is 42.5 Å². The highest BCUT2D eigenvalue weighted by Gasteiger charge is 2.29. The van der Waals surface area contributed by atoms with Crippen molar-refractivity contribution in [3.05, 3.63) is 58.1 Å². The summed E-state index contributed by atoms with van der Waals surface area (Å²) in [5.41, 5.74) is 2.06. The molecule has 2 fully saturated rings. The van der Waals surface area contributed by atoms with Crippen LogP contribution in [0.15, 0.2) is 42.5 Å². The van der Waals surface area contributed by atoms with Crippen molar-refractivity contribution < 1.29 is 14.5 Å². The lowest BCUT2D eigenvalue weighted by Gasteiger charge is -2.37. The fraction of sp³-hybridized carbons (Fsp3) is 0.480. The number of piperidine rings is 1. The van der Waals surface area contributed by atoms with Crippen LogP contribution < -0.4 is 14.5 Å². The van der Waals surface area contributed by atoms with Crippen molar-refractivity contribution in [1.82, 2.24) is 4.90 Å². The van der Waals surface area contributed by atoms with Crippen LogP contribution >= 0.6 is 0 Å². The summed E-state index contributed by atoms with van der Waals surface area (Å²) in [6, 6.07) is 12.8. The summed E-state index contributed by atoms with van der Waals surface area (Å²) in [6.45, 7) is 8.47. The number of rotatable bonds is 5. The van der Waals surface area contributed by atoms with Gasteiger partial charge in [-0.1, -0.05) is 19.9 Å². The first-order chi connectivity index (χ1) is 15.9. The monoisotopic (exact) mass is 452 g/mol. The van der Waals surface area contributed by atoms with E-state index in [1.807, 2.05) is 24.3 Å². The van der Waals surface area contributed by atoms with E-state index in [1.54, 1.807) is 24.1 Å². The Kier molecular flexibility index (Phi) is 6.72. The molecule has 2 aromatic rings. The van der Waals surface area contributed by atoms with E-state index in [2.05, 4.69) is 23.6 Å². The van der Waals surface area contributed by atoms with Gasteiger partial charge in [0.1, 0.15) is 11.4 Å². The SMILES string of the molecule is COc1cccc(N2CCN(C(=O)c3ccc(N4CC(C)CC(C)C4)c([N+](=O)[O-])c3)CC2)c1. The molecule has 176 valence electrons. The van der Waals surface area contributed by atoms with E-state index >= 15 is 0 Å². The number of anilines is 2. The van der Waals surface area contributed by atoms with Crippen LogP contribution in [0.1, 0.15) is 30.6 Å². The van der Waals surface area contributed by atoms with Crippen LogP contribution in [0.3, 0.4) is 0 Å². The molecule has 2 atom stereocenters. The normalized spacial score (nSPS) is 21.1. The fourth-order valence-corrected chi connectivity index (χ4v) is 5.09. The van der Waals surface area contributed by atoms with Gasteiger partial charge in [-0.3, -0.25) is 14.9 Å². The minimum atomic E-state index is -0.364. The predicted molar refractivity (Wildman–Crippen MR) is 129 cm³/mol. The summed E-state index contributed by atoms with van der Waals surface area (Å²) in [5.74, 6) is 1.61. The molecule has 2 aliphatic rings. The molecule has 33 heavy (non-hydrogen) atoms. The van der Waals surface area contributed by atoms with Crippen molar-refractivity contribution in [1.29, 1.82) is 0 Å². The zero-order valence-electron chi connectivity index (χ0n) is 19.6. The molecule has 0 spiro atoms. The summed E-state index contributed by atoms with van der Waals surface area (Å²) in [4.78, 5) is 30.8. The lowest BCUT2D eigenvalue weighted by atomic mass is 9.91. The molecule has 0 bridgehead atoms. The van der Waals surface area contributed by atoms with Crippen LogP contribution in [0.5, 0.6) is 5.75 Å². The number of hydrogen-bond acceptors (Lipinski definition) is 6. The van der Waals surface area contributed by atoms with Crippen LogP contribution in [0.25, 0.3) is 0 Å². The lowest BCUT2D eigenvalue weighted by molar-refractivity contribution is -0.384. The molecule has 2 unspecified atom stereocenters. The van der Waals surface area contributed by atoms with Gasteiger partial charge >= 0.3 is 0 Å². The van der Waals surface area contributed by atoms with Crippen LogP contribution in [-0.2, 0) is 0 Å². The first-order valence-corrected chi connectivity index (χ1v) is 11.6. The molecular weight excluding hydrogens is 420 g/mol. The van der Waals surface area contributed by atoms with Crippen molar-refractivity contribution in [3.8, 4) is 5.75 Å². The van der Waals surface area contributed by atoms with Gasteiger partial charge in [0.25, 0.3) is 11.6 Å². The molecule has 2 aromatic carbocycles. The van der Waals surface area contributed by atoms with E-state index in [0.29, 0.717) is 49.3 Å². The minimum Gasteiger partial charge on any atom is -0.497 e. The van der Waals surface area contributed by atoms with Gasteiger partial charge in [-0.2, -0.15) is 0 Å². The number of ether oxygens (including phenoxy) is 1. The van der Waals surface area contributed by atoms with Crippen LogP contribution in [-0.4, -0.2) is 62.1 Å². The molecule has 0 N–H and O–H groups in total. The summed E-state index contributed by atoms with van der Waals surface area (Å²) in [6.07, 6.45) is 1.13. The maximum Gasteiger partial charge on any atom is 0.293 e. The van der Waals surface area contributed by atoms with Crippen LogP contribution in [0.4, 0.5) is 17.1 Å². The topological polar surface area (TPSA) is 79.2 Å². The number of carbonyl (C=O) groups is 1. The third-order valence-electron chi connectivity index (χ3n) is 6.61. The van der Waals surface area contributed by atoms with E-state index < -0.39 is 0 Å². The Morgan fingerprint density at radius 1 is 1.00 bits per heavy atom. The molecule has 8 heteroatoms. The third-order valence-corrected chi connectivity index (χ3v) is 6.61. The zero-order chi connectivity index (χ0) is 23.5. The quantitative estimate of drug-likeness (QED) is 0.503. The third kappa shape index (κ3) is 5.05. The predicted octanol–water partition coefficient (Wildman–Crippen LogP) is 4.05. The summed E-state index contributed by atoms with van der Waals surface area (Å²) in [5, 5.41) is 11.9. The van der Waals surface area contributed by atoms with Crippen LogP contribution in [0.2, 0.25) is 0 Å². The number of piperazine rings is 1.